The maximum Gasteiger partial charge on any atom is 0.220 e. The molecule has 0 spiro atoms. The monoisotopic (exact) mass is 348 g/mol. The van der Waals surface area contributed by atoms with Crippen LogP contribution >= 0.6 is 0 Å². The van der Waals surface area contributed by atoms with Gasteiger partial charge < -0.3 is 16.0 Å². The Morgan fingerprint density at radius 1 is 1.40 bits per heavy atom. The second-order valence-corrected chi connectivity index (χ2v) is 6.58. The summed E-state index contributed by atoms with van der Waals surface area (Å²) >= 11 is 0. The van der Waals surface area contributed by atoms with Crippen LogP contribution in [0.1, 0.15) is 56.7 Å². The standard InChI is InChI=1S/C19H29FN4O/c1-4-21-19(22-11-5-6-18(25)24-16-9-10-16)23-14(3)15-8-7-13(2)17(20)12-15/h7-8,12,14,16H,4-6,9-11H2,1-3H3,(H,24,25)(H2,21,22,23). The van der Waals surface area contributed by atoms with Gasteiger partial charge in [0.25, 0.3) is 0 Å². The van der Waals surface area contributed by atoms with Crippen LogP contribution in [0.15, 0.2) is 23.2 Å². The maximum absolute atomic E-state index is 13.7. The summed E-state index contributed by atoms with van der Waals surface area (Å²) in [5.41, 5.74) is 1.51. The van der Waals surface area contributed by atoms with Gasteiger partial charge in [0.05, 0.1) is 6.04 Å². The summed E-state index contributed by atoms with van der Waals surface area (Å²) in [4.78, 5) is 16.2. The highest BCUT2D eigenvalue weighted by Crippen LogP contribution is 2.18. The third kappa shape index (κ3) is 6.72. The molecule has 1 atom stereocenters. The molecule has 1 aliphatic rings. The number of carbonyl (C=O) groups excluding carboxylic acids is 1. The lowest BCUT2D eigenvalue weighted by molar-refractivity contribution is -0.121. The first kappa shape index (κ1) is 19.2. The first-order valence-electron chi connectivity index (χ1n) is 9.10. The molecule has 1 aromatic rings. The fourth-order valence-electron chi connectivity index (χ4n) is 2.44. The van der Waals surface area contributed by atoms with E-state index >= 15 is 0 Å². The molecule has 1 amide bonds. The van der Waals surface area contributed by atoms with Crippen molar-refractivity contribution in [3.05, 3.63) is 35.1 Å². The van der Waals surface area contributed by atoms with Crippen molar-refractivity contribution in [1.82, 2.24) is 16.0 Å². The molecule has 0 bridgehead atoms. The van der Waals surface area contributed by atoms with Gasteiger partial charge in [-0.3, -0.25) is 9.79 Å². The SMILES string of the molecule is CCNC(=NCCCC(=O)NC1CC1)NC(C)c1ccc(C)c(F)c1. The Labute approximate surface area is 149 Å². The van der Waals surface area contributed by atoms with Crippen LogP contribution < -0.4 is 16.0 Å². The van der Waals surface area contributed by atoms with Crippen molar-refractivity contribution in [3.63, 3.8) is 0 Å². The second-order valence-electron chi connectivity index (χ2n) is 6.58. The Kier molecular flexibility index (Phi) is 7.22. The number of nitrogens with zero attached hydrogens (tertiary/aromatic N) is 1. The fraction of sp³-hybridized carbons (Fsp3) is 0.579. The quantitative estimate of drug-likeness (QED) is 0.384. The number of carbonyl (C=O) groups is 1. The van der Waals surface area contributed by atoms with Crippen molar-refractivity contribution in [1.29, 1.82) is 0 Å². The van der Waals surface area contributed by atoms with Crippen LogP contribution in [0.5, 0.6) is 0 Å². The molecule has 3 N–H and O–H groups in total. The third-order valence-electron chi connectivity index (χ3n) is 4.17. The number of benzene rings is 1. The predicted octanol–water partition coefficient (Wildman–Crippen LogP) is 2.81. The molecule has 0 saturated heterocycles. The summed E-state index contributed by atoms with van der Waals surface area (Å²) in [7, 11) is 0. The van der Waals surface area contributed by atoms with E-state index in [1.165, 1.54) is 0 Å². The molecule has 0 aromatic heterocycles. The van der Waals surface area contributed by atoms with Gasteiger partial charge in [0.1, 0.15) is 5.82 Å². The van der Waals surface area contributed by atoms with Gasteiger partial charge in [0.2, 0.25) is 5.91 Å². The Hall–Kier alpha value is -2.11. The molecule has 6 heteroatoms. The van der Waals surface area contributed by atoms with Crippen LogP contribution in [0.4, 0.5) is 4.39 Å². The van der Waals surface area contributed by atoms with Crippen molar-refractivity contribution >= 4 is 11.9 Å². The third-order valence-corrected chi connectivity index (χ3v) is 4.17. The Morgan fingerprint density at radius 2 is 2.16 bits per heavy atom. The molecule has 2 rings (SSSR count). The highest BCUT2D eigenvalue weighted by atomic mass is 19.1. The van der Waals surface area contributed by atoms with Gasteiger partial charge in [-0.2, -0.15) is 0 Å². The van der Waals surface area contributed by atoms with E-state index in [9.17, 15) is 9.18 Å². The van der Waals surface area contributed by atoms with E-state index < -0.39 is 0 Å². The van der Waals surface area contributed by atoms with Crippen LogP contribution in [0.25, 0.3) is 0 Å². The number of nitrogens with one attached hydrogen (secondary N) is 3. The molecule has 25 heavy (non-hydrogen) atoms. The average Bonchev–Trinajstić information content (AvgIpc) is 3.38. The number of hydrogen-bond acceptors (Lipinski definition) is 2. The minimum absolute atomic E-state index is 0.0638. The van der Waals surface area contributed by atoms with Crippen molar-refractivity contribution in [2.45, 2.75) is 58.5 Å². The summed E-state index contributed by atoms with van der Waals surface area (Å²) in [6.07, 6.45) is 3.42. The summed E-state index contributed by atoms with van der Waals surface area (Å²) in [6, 6.07) is 5.60. The normalized spacial score (nSPS) is 15.6. The summed E-state index contributed by atoms with van der Waals surface area (Å²) in [5, 5.41) is 9.44. The highest BCUT2D eigenvalue weighted by molar-refractivity contribution is 5.80. The molecule has 0 heterocycles. The van der Waals surface area contributed by atoms with Gasteiger partial charge in [-0.25, -0.2) is 4.39 Å². The van der Waals surface area contributed by atoms with Crippen LogP contribution in [0.3, 0.4) is 0 Å². The molecule has 1 unspecified atom stereocenters. The van der Waals surface area contributed by atoms with E-state index in [0.29, 0.717) is 37.0 Å². The van der Waals surface area contributed by atoms with Crippen LogP contribution in [0.2, 0.25) is 0 Å². The Bertz CT molecular complexity index is 613. The van der Waals surface area contributed by atoms with E-state index in [1.54, 1.807) is 19.1 Å². The Balaban J connectivity index is 1.82. The fourth-order valence-corrected chi connectivity index (χ4v) is 2.44. The zero-order valence-electron chi connectivity index (χ0n) is 15.4. The van der Waals surface area contributed by atoms with Crippen molar-refractivity contribution in [3.8, 4) is 0 Å². The van der Waals surface area contributed by atoms with Crippen LogP contribution in [-0.4, -0.2) is 31.0 Å². The van der Waals surface area contributed by atoms with Gasteiger partial charge >= 0.3 is 0 Å². The van der Waals surface area contributed by atoms with E-state index in [-0.39, 0.29) is 17.8 Å². The topological polar surface area (TPSA) is 65.5 Å². The molecule has 138 valence electrons. The van der Waals surface area contributed by atoms with E-state index in [0.717, 1.165) is 24.9 Å². The first-order valence-corrected chi connectivity index (χ1v) is 9.10. The largest absolute Gasteiger partial charge is 0.357 e. The molecule has 5 nitrogen and oxygen atoms in total. The molecule has 0 aliphatic heterocycles. The molecular weight excluding hydrogens is 319 g/mol. The molecule has 1 aliphatic carbocycles. The molecule has 1 aromatic carbocycles. The molecule has 1 saturated carbocycles. The van der Waals surface area contributed by atoms with Crippen LogP contribution in [-0.2, 0) is 4.79 Å². The lowest BCUT2D eigenvalue weighted by Crippen LogP contribution is -2.38. The predicted molar refractivity (Wildman–Crippen MR) is 99.1 cm³/mol. The zero-order valence-corrected chi connectivity index (χ0v) is 15.4. The smallest absolute Gasteiger partial charge is 0.220 e. The lowest BCUT2D eigenvalue weighted by Gasteiger charge is -2.18. The van der Waals surface area contributed by atoms with Crippen molar-refractivity contribution < 1.29 is 9.18 Å². The summed E-state index contributed by atoms with van der Waals surface area (Å²) in [5.74, 6) is 0.590. The second kappa shape index (κ2) is 9.39. The number of rotatable bonds is 8. The van der Waals surface area contributed by atoms with Crippen molar-refractivity contribution in [2.24, 2.45) is 4.99 Å². The first-order chi connectivity index (χ1) is 12.0. The van der Waals surface area contributed by atoms with Gasteiger partial charge in [0, 0.05) is 25.6 Å². The minimum atomic E-state index is -0.199. The molecular formula is C19H29FN4O. The molecule has 0 radical (unpaired) electrons. The van der Waals surface area contributed by atoms with E-state index in [1.807, 2.05) is 19.9 Å². The number of halogens is 1. The summed E-state index contributed by atoms with van der Waals surface area (Å²) < 4.78 is 13.7. The minimum Gasteiger partial charge on any atom is -0.357 e. The summed E-state index contributed by atoms with van der Waals surface area (Å²) in [6.45, 7) is 7.03. The van der Waals surface area contributed by atoms with Crippen LogP contribution in [0, 0.1) is 12.7 Å². The maximum atomic E-state index is 13.7. The van der Waals surface area contributed by atoms with E-state index in [2.05, 4.69) is 20.9 Å². The zero-order chi connectivity index (χ0) is 18.2. The van der Waals surface area contributed by atoms with E-state index in [4.69, 9.17) is 0 Å². The number of aryl methyl sites for hydroxylation is 1. The highest BCUT2D eigenvalue weighted by Gasteiger charge is 2.22. The number of amides is 1. The lowest BCUT2D eigenvalue weighted by atomic mass is 10.1. The van der Waals surface area contributed by atoms with Gasteiger partial charge in [0.15, 0.2) is 5.96 Å². The van der Waals surface area contributed by atoms with Crippen molar-refractivity contribution in [2.75, 3.05) is 13.1 Å². The molecule has 1 fully saturated rings. The van der Waals surface area contributed by atoms with Gasteiger partial charge in [-0.05, 0) is 57.2 Å². The Morgan fingerprint density at radius 3 is 2.80 bits per heavy atom. The average molecular weight is 348 g/mol. The van der Waals surface area contributed by atoms with Gasteiger partial charge in [-0.1, -0.05) is 12.1 Å². The number of aliphatic imine (C=N–C) groups is 1. The van der Waals surface area contributed by atoms with Gasteiger partial charge in [-0.15, -0.1) is 0 Å². The number of guanidine groups is 1. The number of hydrogen-bond donors (Lipinski definition) is 3.